The molecule has 0 fully saturated rings. The van der Waals surface area contributed by atoms with E-state index in [0.29, 0.717) is 0 Å². The molecule has 1 N–H and O–H groups in total. The predicted octanol–water partition coefficient (Wildman–Crippen LogP) is 1.89. The fraction of sp³-hybridized carbons (Fsp3) is 0.200. The third-order valence-corrected chi connectivity index (χ3v) is 5.64. The van der Waals surface area contributed by atoms with Gasteiger partial charge in [-0.25, -0.2) is 13.2 Å². The van der Waals surface area contributed by atoms with Crippen molar-refractivity contribution in [1.29, 1.82) is 0 Å². The van der Waals surface area contributed by atoms with Crippen molar-refractivity contribution in [3.05, 3.63) is 77.2 Å². The lowest BCUT2D eigenvalue weighted by Crippen LogP contribution is -2.42. The zero-order chi connectivity index (χ0) is 20.1. The van der Waals surface area contributed by atoms with Gasteiger partial charge in [-0.3, -0.25) is 4.79 Å². The number of nitrogens with zero attached hydrogens (tertiary/aromatic N) is 1. The second kappa shape index (κ2) is 8.26. The Morgan fingerprint density at radius 3 is 2.36 bits per heavy atom. The van der Waals surface area contributed by atoms with Crippen molar-refractivity contribution in [3.63, 3.8) is 0 Å². The van der Waals surface area contributed by atoms with E-state index in [9.17, 15) is 23.1 Å². The molecule has 0 aliphatic carbocycles. The molecule has 0 radical (unpaired) electrons. The minimum atomic E-state index is -3.35. The van der Waals surface area contributed by atoms with Crippen LogP contribution in [-0.2, 0) is 25.9 Å². The molecule has 1 amide bonds. The summed E-state index contributed by atoms with van der Waals surface area (Å²) >= 11 is 0. The summed E-state index contributed by atoms with van der Waals surface area (Å²) in [5.41, 5.74) is 1.03. The van der Waals surface area contributed by atoms with Gasteiger partial charge in [0.1, 0.15) is 5.75 Å². The fourth-order valence-electron chi connectivity index (χ4n) is 2.81. The van der Waals surface area contributed by atoms with Gasteiger partial charge in [0.05, 0.1) is 17.4 Å². The quantitative estimate of drug-likeness (QED) is 0.742. The highest BCUT2D eigenvalue weighted by atomic mass is 32.2. The average molecular weight is 401 g/mol. The molecular weight excluding hydrogens is 382 g/mol. The topological polar surface area (TPSA) is 101 Å². The molecular formula is C20H19NO6S. The third-order valence-electron chi connectivity index (χ3n) is 4.26. The molecule has 0 aromatic heterocycles. The van der Waals surface area contributed by atoms with Gasteiger partial charge < -0.3 is 14.7 Å². The number of esters is 1. The molecule has 8 heteroatoms. The molecule has 0 saturated heterocycles. The highest BCUT2D eigenvalue weighted by Gasteiger charge is 2.30. The number of ether oxygens (including phenoxy) is 1. The van der Waals surface area contributed by atoms with Gasteiger partial charge >= 0.3 is 5.97 Å². The van der Waals surface area contributed by atoms with Crippen LogP contribution < -0.4 is 0 Å². The second-order valence-corrected chi connectivity index (χ2v) is 8.29. The number of carbonyl (C=O) groups excluding carboxylic acids is 2. The van der Waals surface area contributed by atoms with Gasteiger partial charge in [-0.2, -0.15) is 0 Å². The van der Waals surface area contributed by atoms with Crippen molar-refractivity contribution < 1.29 is 27.9 Å². The maximum absolute atomic E-state index is 12.7. The van der Waals surface area contributed by atoms with Gasteiger partial charge in [0.15, 0.2) is 16.4 Å². The van der Waals surface area contributed by atoms with Crippen LogP contribution in [0.1, 0.15) is 15.9 Å². The number of carbonyl (C=O) groups is 2. The normalized spacial score (nSPS) is 17.2. The number of sulfone groups is 1. The summed E-state index contributed by atoms with van der Waals surface area (Å²) in [6.07, 6.45) is 1.47. The first-order valence-corrected chi connectivity index (χ1v) is 10.3. The van der Waals surface area contributed by atoms with Crippen molar-refractivity contribution in [2.75, 3.05) is 12.4 Å². The lowest BCUT2D eigenvalue weighted by molar-refractivity contribution is -0.136. The number of phenolic OH excluding ortho intramolecular Hbond substituents is 1. The summed E-state index contributed by atoms with van der Waals surface area (Å²) in [6, 6.07) is 14.0. The van der Waals surface area contributed by atoms with Crippen molar-refractivity contribution in [2.45, 2.75) is 12.6 Å². The average Bonchev–Trinajstić information content (AvgIpc) is 3.04. The zero-order valence-corrected chi connectivity index (χ0v) is 15.7. The highest BCUT2D eigenvalue weighted by Crippen LogP contribution is 2.18. The Hall–Kier alpha value is -3.13. The van der Waals surface area contributed by atoms with Crippen molar-refractivity contribution >= 4 is 21.7 Å². The van der Waals surface area contributed by atoms with Gasteiger partial charge in [0.2, 0.25) is 0 Å². The predicted molar refractivity (Wildman–Crippen MR) is 102 cm³/mol. The first kappa shape index (κ1) is 19.6. The Bertz CT molecular complexity index is 983. The fourth-order valence-corrected chi connectivity index (χ4v) is 4.11. The summed E-state index contributed by atoms with van der Waals surface area (Å²) in [5, 5.41) is 10.4. The van der Waals surface area contributed by atoms with Gasteiger partial charge in [-0.15, -0.1) is 0 Å². The number of phenols is 1. The molecule has 1 aliphatic rings. The molecule has 2 aromatic carbocycles. The van der Waals surface area contributed by atoms with Gasteiger partial charge in [0, 0.05) is 12.0 Å². The molecule has 146 valence electrons. The third kappa shape index (κ3) is 4.98. The van der Waals surface area contributed by atoms with Crippen LogP contribution >= 0.6 is 0 Å². The van der Waals surface area contributed by atoms with Crippen LogP contribution in [0.25, 0.3) is 0 Å². The van der Waals surface area contributed by atoms with Crippen LogP contribution in [0.15, 0.2) is 66.1 Å². The SMILES string of the molecule is O=C(OCC(=O)N(Cc1ccccc1)[C@@H]1C=CS(=O)(=O)C1)c1ccc(O)cc1. The number of aromatic hydroxyl groups is 1. The van der Waals surface area contributed by atoms with Gasteiger partial charge in [-0.05, 0) is 35.9 Å². The van der Waals surface area contributed by atoms with Crippen LogP contribution in [0.3, 0.4) is 0 Å². The van der Waals surface area contributed by atoms with Crippen molar-refractivity contribution in [1.82, 2.24) is 4.90 Å². The minimum absolute atomic E-state index is 0.0101. The van der Waals surface area contributed by atoms with E-state index in [1.807, 2.05) is 30.3 Å². The Kier molecular flexibility index (Phi) is 5.79. The Labute approximate surface area is 162 Å². The Morgan fingerprint density at radius 1 is 1.07 bits per heavy atom. The summed E-state index contributed by atoms with van der Waals surface area (Å²) in [5.74, 6) is -1.39. The van der Waals surface area contributed by atoms with Crippen LogP contribution in [-0.4, -0.2) is 48.7 Å². The molecule has 1 aliphatic heterocycles. The number of benzene rings is 2. The summed E-state index contributed by atoms with van der Waals surface area (Å²) in [6.45, 7) is -0.322. The number of hydrogen-bond donors (Lipinski definition) is 1. The van der Waals surface area contributed by atoms with Gasteiger partial charge in [0.25, 0.3) is 5.91 Å². The molecule has 0 unspecified atom stereocenters. The van der Waals surface area contributed by atoms with E-state index in [2.05, 4.69) is 0 Å². The van der Waals surface area contributed by atoms with E-state index in [1.165, 1.54) is 35.2 Å². The van der Waals surface area contributed by atoms with Crippen LogP contribution in [0.2, 0.25) is 0 Å². The van der Waals surface area contributed by atoms with E-state index in [0.717, 1.165) is 11.0 Å². The first-order valence-electron chi connectivity index (χ1n) is 8.54. The van der Waals surface area contributed by atoms with E-state index in [4.69, 9.17) is 4.74 Å². The number of hydrogen-bond acceptors (Lipinski definition) is 6. The lowest BCUT2D eigenvalue weighted by Gasteiger charge is -2.27. The Morgan fingerprint density at radius 2 is 1.75 bits per heavy atom. The molecule has 3 rings (SSSR count). The molecule has 2 aromatic rings. The van der Waals surface area contributed by atoms with E-state index in [-0.39, 0.29) is 23.6 Å². The van der Waals surface area contributed by atoms with Gasteiger partial charge in [-0.1, -0.05) is 30.3 Å². The Balaban J connectivity index is 1.70. The monoisotopic (exact) mass is 401 g/mol. The lowest BCUT2D eigenvalue weighted by atomic mass is 10.1. The molecule has 28 heavy (non-hydrogen) atoms. The maximum atomic E-state index is 12.7. The molecule has 7 nitrogen and oxygen atoms in total. The number of rotatable bonds is 6. The number of amides is 1. The van der Waals surface area contributed by atoms with Crippen LogP contribution in [0, 0.1) is 0 Å². The summed E-state index contributed by atoms with van der Waals surface area (Å²) < 4.78 is 28.6. The summed E-state index contributed by atoms with van der Waals surface area (Å²) in [7, 11) is -3.35. The molecule has 0 spiro atoms. The zero-order valence-electron chi connectivity index (χ0n) is 14.9. The molecule has 1 atom stereocenters. The standard InChI is InChI=1S/C20H19NO6S/c22-18-8-6-16(7-9-18)20(24)27-13-19(23)21(12-15-4-2-1-3-5-15)17-10-11-28(25,26)14-17/h1-11,17,22H,12-14H2/t17-/m1/s1. The first-order chi connectivity index (χ1) is 13.3. The highest BCUT2D eigenvalue weighted by molar-refractivity contribution is 7.94. The van der Waals surface area contributed by atoms with E-state index in [1.54, 1.807) is 0 Å². The summed E-state index contributed by atoms with van der Waals surface area (Å²) in [4.78, 5) is 26.2. The van der Waals surface area contributed by atoms with E-state index < -0.39 is 34.4 Å². The van der Waals surface area contributed by atoms with Crippen molar-refractivity contribution in [2.24, 2.45) is 0 Å². The molecule has 0 bridgehead atoms. The van der Waals surface area contributed by atoms with Crippen molar-refractivity contribution in [3.8, 4) is 5.75 Å². The second-order valence-electron chi connectivity index (χ2n) is 6.36. The minimum Gasteiger partial charge on any atom is -0.508 e. The van der Waals surface area contributed by atoms with E-state index >= 15 is 0 Å². The van der Waals surface area contributed by atoms with Crippen LogP contribution in [0.5, 0.6) is 5.75 Å². The molecule has 0 saturated carbocycles. The maximum Gasteiger partial charge on any atom is 0.338 e. The largest absolute Gasteiger partial charge is 0.508 e. The smallest absolute Gasteiger partial charge is 0.338 e. The molecule has 1 heterocycles. The van der Waals surface area contributed by atoms with Crippen LogP contribution in [0.4, 0.5) is 0 Å².